The molecule has 2 heteroatoms. The molecule has 3 N–H and O–H groups in total. The predicted octanol–water partition coefficient (Wildman–Crippen LogP) is 4.09. The molecule has 0 aliphatic heterocycles. The summed E-state index contributed by atoms with van der Waals surface area (Å²) in [6, 6.07) is 0.540. The van der Waals surface area contributed by atoms with Crippen LogP contribution < -0.4 is 11.1 Å². The highest BCUT2D eigenvalue weighted by molar-refractivity contribution is 4.84. The largest absolute Gasteiger partial charge is 0.325 e. The molecule has 0 aromatic heterocycles. The molecule has 0 heterocycles. The molecule has 0 fully saturated rings. The van der Waals surface area contributed by atoms with Gasteiger partial charge in [-0.3, -0.25) is 0 Å². The molecule has 0 rings (SSSR count). The van der Waals surface area contributed by atoms with Crippen LogP contribution >= 0.6 is 0 Å². The highest BCUT2D eigenvalue weighted by atomic mass is 15.0. The SMILES string of the molecule is CCCC(C)(N)CCC(C)NC(C)(C)CC(C)C. The zero-order chi connectivity index (χ0) is 14.4. The van der Waals surface area contributed by atoms with Gasteiger partial charge >= 0.3 is 0 Å². The van der Waals surface area contributed by atoms with E-state index in [4.69, 9.17) is 5.73 Å². The quantitative estimate of drug-likeness (QED) is 0.652. The summed E-state index contributed by atoms with van der Waals surface area (Å²) in [5.74, 6) is 0.736. The topological polar surface area (TPSA) is 38.0 Å². The van der Waals surface area contributed by atoms with Crippen molar-refractivity contribution >= 4 is 0 Å². The van der Waals surface area contributed by atoms with Gasteiger partial charge in [0, 0.05) is 17.1 Å². The van der Waals surface area contributed by atoms with Gasteiger partial charge in [-0.05, 0) is 59.3 Å². The fraction of sp³-hybridized carbons (Fsp3) is 1.00. The summed E-state index contributed by atoms with van der Waals surface area (Å²) in [6.45, 7) is 15.8. The molecule has 0 aliphatic rings. The van der Waals surface area contributed by atoms with Crippen LogP contribution in [0.3, 0.4) is 0 Å². The van der Waals surface area contributed by atoms with Crippen LogP contribution in [0.25, 0.3) is 0 Å². The molecule has 2 unspecified atom stereocenters. The van der Waals surface area contributed by atoms with Crippen molar-refractivity contribution in [2.24, 2.45) is 11.7 Å². The molecule has 110 valence electrons. The lowest BCUT2D eigenvalue weighted by atomic mass is 9.88. The summed E-state index contributed by atoms with van der Waals surface area (Å²) in [6.07, 6.45) is 5.77. The first-order chi connectivity index (χ1) is 8.08. The molecule has 0 spiro atoms. The first-order valence-electron chi connectivity index (χ1n) is 7.64. The van der Waals surface area contributed by atoms with Crippen LogP contribution in [0, 0.1) is 5.92 Å². The summed E-state index contributed by atoms with van der Waals surface area (Å²) in [7, 11) is 0. The Balaban J connectivity index is 4.07. The van der Waals surface area contributed by atoms with Gasteiger partial charge < -0.3 is 11.1 Å². The van der Waals surface area contributed by atoms with Crippen LogP contribution in [0.2, 0.25) is 0 Å². The Bertz CT molecular complexity index is 219. The molecule has 0 saturated heterocycles. The van der Waals surface area contributed by atoms with Gasteiger partial charge in [-0.2, -0.15) is 0 Å². The minimum atomic E-state index is 0.00683. The van der Waals surface area contributed by atoms with E-state index in [9.17, 15) is 0 Å². The monoisotopic (exact) mass is 256 g/mol. The van der Waals surface area contributed by atoms with E-state index in [1.807, 2.05) is 0 Å². The van der Waals surface area contributed by atoms with E-state index in [1.165, 1.54) is 12.8 Å². The molecule has 0 aliphatic carbocycles. The standard InChI is InChI=1S/C16H36N2/c1-8-10-16(7,17)11-9-14(4)18-15(5,6)12-13(2)3/h13-14,18H,8-12,17H2,1-7H3. The molecule has 0 bridgehead atoms. The Morgan fingerprint density at radius 1 is 1.06 bits per heavy atom. The van der Waals surface area contributed by atoms with Crippen LogP contribution in [0.15, 0.2) is 0 Å². The zero-order valence-electron chi connectivity index (χ0n) is 13.8. The molecule has 0 saturated carbocycles. The molecule has 2 nitrogen and oxygen atoms in total. The Hall–Kier alpha value is -0.0800. The average Bonchev–Trinajstić information content (AvgIpc) is 2.11. The number of hydrogen-bond donors (Lipinski definition) is 2. The van der Waals surface area contributed by atoms with Crippen molar-refractivity contribution in [1.82, 2.24) is 5.32 Å². The van der Waals surface area contributed by atoms with Crippen LogP contribution in [0.1, 0.15) is 80.6 Å². The third-order valence-electron chi connectivity index (χ3n) is 3.53. The molecular formula is C16H36N2. The fourth-order valence-electron chi connectivity index (χ4n) is 3.06. The van der Waals surface area contributed by atoms with Gasteiger partial charge in [-0.1, -0.05) is 27.2 Å². The third kappa shape index (κ3) is 8.93. The average molecular weight is 256 g/mol. The minimum absolute atomic E-state index is 0.00683. The zero-order valence-corrected chi connectivity index (χ0v) is 13.8. The normalized spacial score (nSPS) is 17.8. The van der Waals surface area contributed by atoms with Crippen LogP contribution in [0.5, 0.6) is 0 Å². The number of nitrogens with one attached hydrogen (secondary N) is 1. The van der Waals surface area contributed by atoms with Crippen molar-refractivity contribution in [3.8, 4) is 0 Å². The maximum absolute atomic E-state index is 6.29. The van der Waals surface area contributed by atoms with Crippen molar-refractivity contribution < 1.29 is 0 Å². The molecule has 0 aromatic rings. The maximum Gasteiger partial charge on any atom is 0.0130 e. The molecule has 18 heavy (non-hydrogen) atoms. The summed E-state index contributed by atoms with van der Waals surface area (Å²) in [5, 5.41) is 3.75. The second kappa shape index (κ2) is 7.49. The van der Waals surface area contributed by atoms with Crippen molar-refractivity contribution in [2.45, 2.75) is 97.7 Å². The van der Waals surface area contributed by atoms with Gasteiger partial charge in [0.25, 0.3) is 0 Å². The molecule has 0 amide bonds. The van der Waals surface area contributed by atoms with E-state index in [0.717, 1.165) is 25.2 Å². The Morgan fingerprint density at radius 3 is 2.06 bits per heavy atom. The second-order valence-electron chi connectivity index (χ2n) is 7.47. The molecule has 2 atom stereocenters. The first kappa shape index (κ1) is 17.9. The van der Waals surface area contributed by atoms with Crippen LogP contribution in [-0.2, 0) is 0 Å². The van der Waals surface area contributed by atoms with Crippen LogP contribution in [-0.4, -0.2) is 17.1 Å². The summed E-state index contributed by atoms with van der Waals surface area (Å²) in [4.78, 5) is 0. The smallest absolute Gasteiger partial charge is 0.0130 e. The van der Waals surface area contributed by atoms with E-state index < -0.39 is 0 Å². The Labute approximate surface area is 115 Å². The highest BCUT2D eigenvalue weighted by Crippen LogP contribution is 2.20. The first-order valence-corrected chi connectivity index (χ1v) is 7.64. The summed E-state index contributed by atoms with van der Waals surface area (Å²) < 4.78 is 0. The van der Waals surface area contributed by atoms with Gasteiger partial charge in [0.1, 0.15) is 0 Å². The van der Waals surface area contributed by atoms with Gasteiger partial charge in [-0.25, -0.2) is 0 Å². The van der Waals surface area contributed by atoms with Gasteiger partial charge in [0.15, 0.2) is 0 Å². The third-order valence-corrected chi connectivity index (χ3v) is 3.53. The van der Waals surface area contributed by atoms with Gasteiger partial charge in [0.2, 0.25) is 0 Å². The number of nitrogens with two attached hydrogens (primary N) is 1. The maximum atomic E-state index is 6.29. The van der Waals surface area contributed by atoms with E-state index in [1.54, 1.807) is 0 Å². The number of rotatable bonds is 9. The van der Waals surface area contributed by atoms with E-state index >= 15 is 0 Å². The molecular weight excluding hydrogens is 220 g/mol. The lowest BCUT2D eigenvalue weighted by molar-refractivity contribution is 0.267. The lowest BCUT2D eigenvalue weighted by Gasteiger charge is -2.33. The van der Waals surface area contributed by atoms with Crippen molar-refractivity contribution in [1.29, 1.82) is 0 Å². The fourth-order valence-corrected chi connectivity index (χ4v) is 3.06. The highest BCUT2D eigenvalue weighted by Gasteiger charge is 2.23. The van der Waals surface area contributed by atoms with E-state index in [2.05, 4.69) is 53.8 Å². The van der Waals surface area contributed by atoms with Gasteiger partial charge in [0.05, 0.1) is 0 Å². The second-order valence-corrected chi connectivity index (χ2v) is 7.47. The Morgan fingerprint density at radius 2 is 1.61 bits per heavy atom. The van der Waals surface area contributed by atoms with Crippen molar-refractivity contribution in [3.05, 3.63) is 0 Å². The van der Waals surface area contributed by atoms with Gasteiger partial charge in [-0.15, -0.1) is 0 Å². The predicted molar refractivity (Wildman–Crippen MR) is 82.9 cm³/mol. The summed E-state index contributed by atoms with van der Waals surface area (Å²) in [5.41, 5.74) is 6.52. The summed E-state index contributed by atoms with van der Waals surface area (Å²) >= 11 is 0. The Kier molecular flexibility index (Phi) is 7.46. The van der Waals surface area contributed by atoms with Crippen molar-refractivity contribution in [3.63, 3.8) is 0 Å². The molecule has 0 radical (unpaired) electrons. The van der Waals surface area contributed by atoms with E-state index in [0.29, 0.717) is 6.04 Å². The minimum Gasteiger partial charge on any atom is -0.325 e. The van der Waals surface area contributed by atoms with Crippen LogP contribution in [0.4, 0.5) is 0 Å². The van der Waals surface area contributed by atoms with E-state index in [-0.39, 0.29) is 11.1 Å². The number of hydrogen-bond acceptors (Lipinski definition) is 2. The van der Waals surface area contributed by atoms with Crippen molar-refractivity contribution in [2.75, 3.05) is 0 Å². The molecule has 0 aromatic carbocycles. The lowest BCUT2D eigenvalue weighted by Crippen LogP contribution is -2.46.